The van der Waals surface area contributed by atoms with Crippen molar-refractivity contribution in [3.8, 4) is 0 Å². The number of rotatable bonds is 11. The smallest absolute Gasteiger partial charge is 0.305 e. The SMILES string of the molecule is CCOP(=O)(NC(C(Cl)(Cl)Cl)P(=O)(OC(C)C)OC(C)C)OCC. The summed E-state index contributed by atoms with van der Waals surface area (Å²) in [5, 5.41) is 2.43. The van der Waals surface area contributed by atoms with Gasteiger partial charge in [-0.25, -0.2) is 9.65 Å². The lowest BCUT2D eigenvalue weighted by Gasteiger charge is -2.35. The molecule has 0 radical (unpaired) electrons. The highest BCUT2D eigenvalue weighted by Gasteiger charge is 2.53. The van der Waals surface area contributed by atoms with E-state index in [1.165, 1.54) is 0 Å². The van der Waals surface area contributed by atoms with Crippen molar-refractivity contribution in [3.63, 3.8) is 0 Å². The molecule has 24 heavy (non-hydrogen) atoms. The highest BCUT2D eigenvalue weighted by atomic mass is 35.6. The standard InChI is InChI=1S/C12H26Cl3NO6P2/c1-7-19-24(18,20-8-2)16-11(12(13,14)15)23(17,21-9(3)4)22-10(5)6/h9-11H,7-8H2,1-6H3,(H,16,18). The van der Waals surface area contributed by atoms with E-state index in [-0.39, 0.29) is 13.2 Å². The fourth-order valence-electron chi connectivity index (χ4n) is 1.66. The monoisotopic (exact) mass is 447 g/mol. The average Bonchev–Trinajstić information content (AvgIpc) is 2.33. The van der Waals surface area contributed by atoms with Crippen LogP contribution in [0.1, 0.15) is 41.5 Å². The third kappa shape index (κ3) is 8.68. The minimum Gasteiger partial charge on any atom is -0.305 e. The molecule has 7 nitrogen and oxygen atoms in total. The molecule has 0 aromatic carbocycles. The molecule has 0 aliphatic heterocycles. The van der Waals surface area contributed by atoms with Crippen LogP contribution in [-0.2, 0) is 27.2 Å². The normalized spacial score (nSPS) is 15.3. The molecule has 0 heterocycles. The van der Waals surface area contributed by atoms with E-state index in [1.54, 1.807) is 41.5 Å². The van der Waals surface area contributed by atoms with Crippen molar-refractivity contribution in [2.75, 3.05) is 13.2 Å². The first kappa shape index (κ1) is 25.1. The van der Waals surface area contributed by atoms with Gasteiger partial charge in [-0.1, -0.05) is 34.8 Å². The molecule has 0 aliphatic rings. The minimum atomic E-state index is -4.05. The summed E-state index contributed by atoms with van der Waals surface area (Å²) < 4.78 is 44.9. The zero-order chi connectivity index (χ0) is 19.2. The Morgan fingerprint density at radius 2 is 1.29 bits per heavy atom. The van der Waals surface area contributed by atoms with Crippen molar-refractivity contribution in [2.24, 2.45) is 0 Å². The zero-order valence-electron chi connectivity index (χ0n) is 14.6. The molecule has 0 aliphatic carbocycles. The number of halogens is 3. The molecule has 1 atom stereocenters. The van der Waals surface area contributed by atoms with E-state index in [0.717, 1.165) is 0 Å². The molecule has 0 amide bonds. The lowest BCUT2D eigenvalue weighted by atomic mass is 10.5. The molecule has 0 rings (SSSR count). The Labute approximate surface area is 159 Å². The first-order chi connectivity index (χ1) is 10.8. The van der Waals surface area contributed by atoms with Gasteiger partial charge in [0.05, 0.1) is 25.4 Å². The molecular formula is C12H26Cl3NO6P2. The van der Waals surface area contributed by atoms with Crippen LogP contribution in [0.4, 0.5) is 0 Å². The summed E-state index contributed by atoms with van der Waals surface area (Å²) in [6.07, 6.45) is -0.991. The van der Waals surface area contributed by atoms with Crippen molar-refractivity contribution >= 4 is 50.1 Å². The zero-order valence-corrected chi connectivity index (χ0v) is 18.7. The van der Waals surface area contributed by atoms with Crippen molar-refractivity contribution in [1.82, 2.24) is 5.09 Å². The largest absolute Gasteiger partial charge is 0.406 e. The highest BCUT2D eigenvalue weighted by molar-refractivity contribution is 7.57. The van der Waals surface area contributed by atoms with Gasteiger partial charge in [0.25, 0.3) is 0 Å². The summed E-state index contributed by atoms with van der Waals surface area (Å²) in [6.45, 7) is 9.97. The van der Waals surface area contributed by atoms with Gasteiger partial charge in [-0.2, -0.15) is 0 Å². The molecule has 0 aromatic heterocycles. The van der Waals surface area contributed by atoms with Gasteiger partial charge in [-0.15, -0.1) is 0 Å². The molecule has 0 bridgehead atoms. The van der Waals surface area contributed by atoms with Gasteiger partial charge in [0.2, 0.25) is 3.79 Å². The quantitative estimate of drug-likeness (QED) is 0.330. The molecule has 0 saturated carbocycles. The number of nitrogens with one attached hydrogen (secondary N) is 1. The van der Waals surface area contributed by atoms with Crippen LogP contribution in [0, 0.1) is 0 Å². The predicted molar refractivity (Wildman–Crippen MR) is 98.1 cm³/mol. The molecule has 0 fully saturated rings. The Balaban J connectivity index is 5.86. The van der Waals surface area contributed by atoms with Gasteiger partial charge >= 0.3 is 15.3 Å². The van der Waals surface area contributed by atoms with E-state index in [2.05, 4.69) is 5.09 Å². The Hall–Kier alpha value is 1.13. The maximum absolute atomic E-state index is 13.3. The Morgan fingerprint density at radius 1 is 0.917 bits per heavy atom. The molecular weight excluding hydrogens is 422 g/mol. The van der Waals surface area contributed by atoms with Crippen LogP contribution < -0.4 is 5.09 Å². The summed E-state index contributed by atoms with van der Waals surface area (Å²) in [5.74, 6) is -1.57. The van der Waals surface area contributed by atoms with E-state index in [4.69, 9.17) is 52.9 Å². The van der Waals surface area contributed by atoms with Crippen LogP contribution in [0.3, 0.4) is 0 Å². The van der Waals surface area contributed by atoms with E-state index < -0.39 is 37.1 Å². The van der Waals surface area contributed by atoms with Gasteiger partial charge in [0.15, 0.2) is 5.78 Å². The maximum atomic E-state index is 13.3. The first-order valence-corrected chi connectivity index (χ1v) is 11.8. The fraction of sp³-hybridized carbons (Fsp3) is 1.00. The van der Waals surface area contributed by atoms with E-state index in [9.17, 15) is 9.13 Å². The number of hydrogen-bond donors (Lipinski definition) is 1. The first-order valence-electron chi connectivity index (χ1n) is 7.49. The molecule has 0 saturated heterocycles. The van der Waals surface area contributed by atoms with Gasteiger partial charge in [-0.3, -0.25) is 13.6 Å². The Bertz CT molecular complexity index is 448. The van der Waals surface area contributed by atoms with Crippen molar-refractivity contribution in [1.29, 1.82) is 0 Å². The van der Waals surface area contributed by atoms with Crippen LogP contribution in [-0.4, -0.2) is 35.0 Å². The molecule has 1 N–H and O–H groups in total. The number of alkyl halides is 3. The van der Waals surface area contributed by atoms with Gasteiger partial charge < -0.3 is 9.05 Å². The van der Waals surface area contributed by atoms with E-state index in [0.29, 0.717) is 0 Å². The lowest BCUT2D eigenvalue weighted by Crippen LogP contribution is -2.41. The van der Waals surface area contributed by atoms with Crippen LogP contribution in [0.5, 0.6) is 0 Å². The molecule has 146 valence electrons. The van der Waals surface area contributed by atoms with Gasteiger partial charge in [0, 0.05) is 0 Å². The average molecular weight is 449 g/mol. The third-order valence-corrected chi connectivity index (χ3v) is 7.89. The summed E-state index contributed by atoms with van der Waals surface area (Å²) in [7, 11) is -7.94. The minimum absolute atomic E-state index is 0.0667. The van der Waals surface area contributed by atoms with E-state index in [1.807, 2.05) is 0 Å². The van der Waals surface area contributed by atoms with Gasteiger partial charge in [-0.05, 0) is 41.5 Å². The molecule has 0 aromatic rings. The highest BCUT2D eigenvalue weighted by Crippen LogP contribution is 2.63. The molecule has 1 unspecified atom stereocenters. The second-order valence-corrected chi connectivity index (χ2v) is 11.4. The second-order valence-electron chi connectivity index (χ2n) is 5.25. The molecule has 12 heteroatoms. The summed E-state index contributed by atoms with van der Waals surface area (Å²) in [6, 6.07) is 0. The fourth-order valence-corrected chi connectivity index (χ4v) is 7.34. The van der Waals surface area contributed by atoms with Crippen molar-refractivity contribution < 1.29 is 27.2 Å². The third-order valence-electron chi connectivity index (χ3n) is 2.22. The summed E-state index contributed by atoms with van der Waals surface area (Å²) in [4.78, 5) is 0. The van der Waals surface area contributed by atoms with Crippen molar-refractivity contribution in [2.45, 2.75) is 63.3 Å². The molecule has 0 spiro atoms. The van der Waals surface area contributed by atoms with E-state index >= 15 is 0 Å². The second kappa shape index (κ2) is 10.5. The lowest BCUT2D eigenvalue weighted by molar-refractivity contribution is 0.133. The predicted octanol–water partition coefficient (Wildman–Crippen LogP) is 5.50. The number of hydrogen-bond acceptors (Lipinski definition) is 6. The topological polar surface area (TPSA) is 83.1 Å². The summed E-state index contributed by atoms with van der Waals surface area (Å²) in [5.41, 5.74) is 0. The Kier molecular flexibility index (Phi) is 11.0. The summed E-state index contributed by atoms with van der Waals surface area (Å²) >= 11 is 17.9. The van der Waals surface area contributed by atoms with Crippen LogP contribution >= 0.6 is 50.1 Å². The van der Waals surface area contributed by atoms with Crippen LogP contribution in [0.25, 0.3) is 0 Å². The van der Waals surface area contributed by atoms with Crippen LogP contribution in [0.2, 0.25) is 0 Å². The van der Waals surface area contributed by atoms with Crippen LogP contribution in [0.15, 0.2) is 0 Å². The van der Waals surface area contributed by atoms with Gasteiger partial charge in [0.1, 0.15) is 0 Å². The maximum Gasteiger partial charge on any atom is 0.406 e. The van der Waals surface area contributed by atoms with Crippen molar-refractivity contribution in [3.05, 3.63) is 0 Å². The Morgan fingerprint density at radius 3 is 1.54 bits per heavy atom.